The van der Waals surface area contributed by atoms with Gasteiger partial charge in [-0.05, 0) is 49.6 Å². The SMILES string of the molecule is Cc1cc([C@H](NCC(=O)Nc2cccc(C(=O)N(C)C)c2)C(C)C)c(C)s1. The van der Waals surface area contributed by atoms with Crippen LogP contribution in [-0.2, 0) is 4.79 Å². The van der Waals surface area contributed by atoms with Crippen LogP contribution in [0.25, 0.3) is 0 Å². The second kappa shape index (κ2) is 9.15. The highest BCUT2D eigenvalue weighted by molar-refractivity contribution is 7.12. The molecule has 0 bridgehead atoms. The molecule has 0 aliphatic carbocycles. The molecule has 2 amide bonds. The molecule has 0 radical (unpaired) electrons. The van der Waals surface area contributed by atoms with Crippen molar-refractivity contribution in [3.63, 3.8) is 0 Å². The van der Waals surface area contributed by atoms with Crippen molar-refractivity contribution in [2.24, 2.45) is 5.92 Å². The van der Waals surface area contributed by atoms with E-state index in [4.69, 9.17) is 0 Å². The quantitative estimate of drug-likeness (QED) is 0.755. The molecule has 0 saturated heterocycles. The minimum Gasteiger partial charge on any atom is -0.345 e. The lowest BCUT2D eigenvalue weighted by molar-refractivity contribution is -0.115. The molecule has 0 aliphatic rings. The number of hydrogen-bond donors (Lipinski definition) is 2. The van der Waals surface area contributed by atoms with Crippen molar-refractivity contribution in [2.75, 3.05) is 26.0 Å². The van der Waals surface area contributed by atoms with Gasteiger partial charge in [0.25, 0.3) is 5.91 Å². The Bertz CT molecular complexity index is 812. The van der Waals surface area contributed by atoms with Crippen molar-refractivity contribution in [3.8, 4) is 0 Å². The molecular formula is C21H29N3O2S. The number of hydrogen-bond acceptors (Lipinski definition) is 4. The predicted octanol–water partition coefficient (Wildman–Crippen LogP) is 3.99. The molecule has 1 heterocycles. The third kappa shape index (κ3) is 5.65. The first-order chi connectivity index (χ1) is 12.7. The number of thiophene rings is 1. The van der Waals surface area contributed by atoms with E-state index < -0.39 is 0 Å². The van der Waals surface area contributed by atoms with Crippen molar-refractivity contribution in [3.05, 3.63) is 51.2 Å². The summed E-state index contributed by atoms with van der Waals surface area (Å²) in [5.74, 6) is 0.152. The molecule has 146 valence electrons. The maximum Gasteiger partial charge on any atom is 0.253 e. The maximum atomic E-state index is 12.4. The second-order valence-corrected chi connectivity index (χ2v) is 8.76. The van der Waals surface area contributed by atoms with Gasteiger partial charge >= 0.3 is 0 Å². The van der Waals surface area contributed by atoms with E-state index in [-0.39, 0.29) is 24.4 Å². The van der Waals surface area contributed by atoms with Gasteiger partial charge in [0.2, 0.25) is 5.91 Å². The fourth-order valence-electron chi connectivity index (χ4n) is 3.06. The molecule has 1 atom stereocenters. The summed E-state index contributed by atoms with van der Waals surface area (Å²) < 4.78 is 0. The fourth-order valence-corrected chi connectivity index (χ4v) is 4.03. The van der Waals surface area contributed by atoms with Crippen LogP contribution in [0.3, 0.4) is 0 Å². The molecule has 0 saturated carbocycles. The van der Waals surface area contributed by atoms with E-state index in [1.807, 2.05) is 0 Å². The van der Waals surface area contributed by atoms with Crippen LogP contribution in [-0.4, -0.2) is 37.4 Å². The van der Waals surface area contributed by atoms with Crippen molar-refractivity contribution < 1.29 is 9.59 Å². The monoisotopic (exact) mass is 387 g/mol. The molecule has 0 fully saturated rings. The molecule has 2 N–H and O–H groups in total. The number of nitrogens with one attached hydrogen (secondary N) is 2. The Morgan fingerprint density at radius 3 is 2.41 bits per heavy atom. The lowest BCUT2D eigenvalue weighted by Crippen LogP contribution is -2.33. The van der Waals surface area contributed by atoms with E-state index in [1.165, 1.54) is 20.2 Å². The van der Waals surface area contributed by atoms with Gasteiger partial charge in [-0.3, -0.25) is 9.59 Å². The van der Waals surface area contributed by atoms with Gasteiger partial charge in [0.1, 0.15) is 0 Å². The first-order valence-corrected chi connectivity index (χ1v) is 9.92. The number of carbonyl (C=O) groups excluding carboxylic acids is 2. The summed E-state index contributed by atoms with van der Waals surface area (Å²) in [6, 6.07) is 9.33. The molecule has 1 aromatic heterocycles. The predicted molar refractivity (Wildman–Crippen MR) is 112 cm³/mol. The van der Waals surface area contributed by atoms with Gasteiger partial charge in [-0.15, -0.1) is 11.3 Å². The first kappa shape index (κ1) is 21.1. The number of nitrogens with zero attached hydrogens (tertiary/aromatic N) is 1. The number of aryl methyl sites for hydroxylation is 2. The van der Waals surface area contributed by atoms with Crippen LogP contribution in [0, 0.1) is 19.8 Å². The summed E-state index contributed by atoms with van der Waals surface area (Å²) in [4.78, 5) is 28.6. The third-order valence-electron chi connectivity index (χ3n) is 4.36. The molecule has 5 nitrogen and oxygen atoms in total. The Morgan fingerprint density at radius 1 is 1.15 bits per heavy atom. The van der Waals surface area contributed by atoms with E-state index in [9.17, 15) is 9.59 Å². The van der Waals surface area contributed by atoms with E-state index in [2.05, 4.69) is 44.4 Å². The second-order valence-electron chi connectivity index (χ2n) is 7.30. The van der Waals surface area contributed by atoms with Crippen LogP contribution in [0.1, 0.15) is 45.6 Å². The highest BCUT2D eigenvalue weighted by Crippen LogP contribution is 2.30. The first-order valence-electron chi connectivity index (χ1n) is 9.11. The number of anilines is 1. The number of rotatable bonds is 7. The summed E-state index contributed by atoms with van der Waals surface area (Å²) in [7, 11) is 3.41. The Hall–Kier alpha value is -2.18. The van der Waals surface area contributed by atoms with Crippen LogP contribution >= 0.6 is 11.3 Å². The van der Waals surface area contributed by atoms with E-state index in [0.717, 1.165) is 0 Å². The van der Waals surface area contributed by atoms with E-state index in [0.29, 0.717) is 17.2 Å². The summed E-state index contributed by atoms with van der Waals surface area (Å²) in [5.41, 5.74) is 2.44. The normalized spacial score (nSPS) is 12.1. The molecule has 2 aromatic rings. The summed E-state index contributed by atoms with van der Waals surface area (Å²) in [6.45, 7) is 8.74. The smallest absolute Gasteiger partial charge is 0.253 e. The minimum absolute atomic E-state index is 0.0904. The van der Waals surface area contributed by atoms with Gasteiger partial charge in [0.05, 0.1) is 6.54 Å². The summed E-state index contributed by atoms with van der Waals surface area (Å²) in [6.07, 6.45) is 0. The molecule has 0 unspecified atom stereocenters. The molecule has 0 spiro atoms. The minimum atomic E-state index is -0.125. The Labute approximate surface area is 165 Å². The van der Waals surface area contributed by atoms with Crippen LogP contribution in [0.2, 0.25) is 0 Å². The third-order valence-corrected chi connectivity index (χ3v) is 5.34. The van der Waals surface area contributed by atoms with E-state index >= 15 is 0 Å². The molecule has 6 heteroatoms. The zero-order valence-electron chi connectivity index (χ0n) is 16.9. The van der Waals surface area contributed by atoms with Gasteiger partial charge in [-0.2, -0.15) is 0 Å². The lowest BCUT2D eigenvalue weighted by Gasteiger charge is -2.22. The lowest BCUT2D eigenvalue weighted by atomic mass is 9.96. The van der Waals surface area contributed by atoms with Crippen LogP contribution in [0.5, 0.6) is 0 Å². The molecule has 27 heavy (non-hydrogen) atoms. The molecular weight excluding hydrogens is 358 g/mol. The standard InChI is InChI=1S/C21H29N3O2S/c1-13(2)20(18-10-14(3)27-15(18)4)22-12-19(25)23-17-9-7-8-16(11-17)21(26)24(5)6/h7-11,13,20,22H,12H2,1-6H3,(H,23,25)/t20-/m1/s1. The Kier molecular flexibility index (Phi) is 7.16. The van der Waals surface area contributed by atoms with Gasteiger partial charge in [-0.25, -0.2) is 0 Å². The van der Waals surface area contributed by atoms with E-state index in [1.54, 1.807) is 49.7 Å². The van der Waals surface area contributed by atoms with Crippen molar-refractivity contribution in [1.82, 2.24) is 10.2 Å². The van der Waals surface area contributed by atoms with Gasteiger partial charge < -0.3 is 15.5 Å². The number of carbonyl (C=O) groups is 2. The van der Waals surface area contributed by atoms with Gasteiger partial charge in [0.15, 0.2) is 0 Å². The molecule has 0 aliphatic heterocycles. The fraction of sp³-hybridized carbons (Fsp3) is 0.429. The molecule has 2 rings (SSSR count). The van der Waals surface area contributed by atoms with Crippen molar-refractivity contribution in [1.29, 1.82) is 0 Å². The summed E-state index contributed by atoms with van der Waals surface area (Å²) >= 11 is 1.78. The zero-order valence-corrected chi connectivity index (χ0v) is 17.7. The largest absolute Gasteiger partial charge is 0.345 e. The number of amides is 2. The van der Waals surface area contributed by atoms with Gasteiger partial charge in [-0.1, -0.05) is 19.9 Å². The van der Waals surface area contributed by atoms with Crippen LogP contribution < -0.4 is 10.6 Å². The topological polar surface area (TPSA) is 61.4 Å². The highest BCUT2D eigenvalue weighted by atomic mass is 32.1. The summed E-state index contributed by atoms with van der Waals surface area (Å²) in [5, 5.41) is 6.26. The average Bonchev–Trinajstić information content (AvgIpc) is 2.92. The van der Waals surface area contributed by atoms with Crippen LogP contribution in [0.4, 0.5) is 5.69 Å². The van der Waals surface area contributed by atoms with Crippen LogP contribution in [0.15, 0.2) is 30.3 Å². The van der Waals surface area contributed by atoms with Crippen molar-refractivity contribution >= 4 is 28.8 Å². The Balaban J connectivity index is 2.02. The van der Waals surface area contributed by atoms with Crippen molar-refractivity contribution in [2.45, 2.75) is 33.7 Å². The molecule has 1 aromatic carbocycles. The maximum absolute atomic E-state index is 12.4. The van der Waals surface area contributed by atoms with Gasteiger partial charge in [0, 0.05) is 41.1 Å². The highest BCUT2D eigenvalue weighted by Gasteiger charge is 2.20. The average molecular weight is 388 g/mol. The zero-order chi connectivity index (χ0) is 20.1. The Morgan fingerprint density at radius 2 is 1.85 bits per heavy atom. The number of benzene rings is 1.